The van der Waals surface area contributed by atoms with Crippen LogP contribution in [0.2, 0.25) is 0 Å². The molecule has 2 heteroatoms. The molecular weight excluding hydrogens is 246 g/mol. The number of hydrogen-bond donors (Lipinski definition) is 0. The maximum absolute atomic E-state index is 6.54. The van der Waals surface area contributed by atoms with Crippen molar-refractivity contribution in [3.05, 3.63) is 35.4 Å². The van der Waals surface area contributed by atoms with E-state index in [1.165, 1.54) is 11.1 Å². The fourth-order valence-electron chi connectivity index (χ4n) is 3.30. The topological polar surface area (TPSA) is 12.5 Å². The van der Waals surface area contributed by atoms with Gasteiger partial charge in [-0.15, -0.1) is 0 Å². The van der Waals surface area contributed by atoms with Crippen LogP contribution in [-0.4, -0.2) is 10.7 Å². The standard InChI is InChI=1S/C18H29NO/c1-8-18(7,9-2)20-19-16(3,4)14-12-10-11-13-15(14)17(19,5)6/h10-13H,8-9H2,1-7H3. The number of rotatable bonds is 4. The maximum Gasteiger partial charge on any atom is 0.0867 e. The molecule has 0 radical (unpaired) electrons. The number of benzene rings is 1. The average molecular weight is 275 g/mol. The fourth-order valence-corrected chi connectivity index (χ4v) is 3.30. The monoisotopic (exact) mass is 275 g/mol. The van der Waals surface area contributed by atoms with Crippen molar-refractivity contribution in [2.24, 2.45) is 0 Å². The molecule has 0 spiro atoms. The van der Waals surface area contributed by atoms with Crippen LogP contribution in [0.15, 0.2) is 24.3 Å². The van der Waals surface area contributed by atoms with Crippen LogP contribution < -0.4 is 0 Å². The molecule has 2 nitrogen and oxygen atoms in total. The molecule has 1 aromatic carbocycles. The van der Waals surface area contributed by atoms with Gasteiger partial charge in [-0.05, 0) is 58.6 Å². The number of hydrogen-bond acceptors (Lipinski definition) is 2. The highest BCUT2D eigenvalue weighted by Gasteiger charge is 2.51. The van der Waals surface area contributed by atoms with E-state index >= 15 is 0 Å². The molecule has 0 N–H and O–H groups in total. The highest BCUT2D eigenvalue weighted by molar-refractivity contribution is 5.42. The molecular formula is C18H29NO. The smallest absolute Gasteiger partial charge is 0.0867 e. The molecule has 0 aliphatic carbocycles. The summed E-state index contributed by atoms with van der Waals surface area (Å²) in [5.74, 6) is 0. The quantitative estimate of drug-likeness (QED) is 0.768. The lowest BCUT2D eigenvalue weighted by Gasteiger charge is -2.45. The third-order valence-electron chi connectivity index (χ3n) is 5.07. The predicted molar refractivity (Wildman–Crippen MR) is 84.4 cm³/mol. The van der Waals surface area contributed by atoms with Crippen LogP contribution in [0.3, 0.4) is 0 Å². The van der Waals surface area contributed by atoms with Gasteiger partial charge >= 0.3 is 0 Å². The van der Waals surface area contributed by atoms with Crippen molar-refractivity contribution in [3.8, 4) is 0 Å². The van der Waals surface area contributed by atoms with E-state index in [2.05, 4.69) is 77.8 Å². The lowest BCUT2D eigenvalue weighted by atomic mass is 9.91. The SMILES string of the molecule is CCC(C)(CC)ON1C(C)(C)c2ccccc2C1(C)C. The number of hydroxylamine groups is 2. The van der Waals surface area contributed by atoms with E-state index in [1.54, 1.807) is 0 Å². The van der Waals surface area contributed by atoms with Crippen LogP contribution in [-0.2, 0) is 15.9 Å². The molecule has 1 aromatic rings. The van der Waals surface area contributed by atoms with E-state index in [9.17, 15) is 0 Å². The largest absolute Gasteiger partial charge is 0.291 e. The number of fused-ring (bicyclic) bond motifs is 1. The molecule has 0 aromatic heterocycles. The Bertz CT molecular complexity index is 451. The molecule has 0 saturated heterocycles. The molecule has 0 saturated carbocycles. The highest BCUT2D eigenvalue weighted by Crippen LogP contribution is 2.50. The summed E-state index contributed by atoms with van der Waals surface area (Å²) in [7, 11) is 0. The van der Waals surface area contributed by atoms with E-state index in [1.807, 2.05) is 0 Å². The van der Waals surface area contributed by atoms with Gasteiger partial charge in [0.05, 0.1) is 16.7 Å². The lowest BCUT2D eigenvalue weighted by Crippen LogP contribution is -2.50. The first-order chi connectivity index (χ1) is 9.19. The molecule has 1 heterocycles. The van der Waals surface area contributed by atoms with Crippen LogP contribution >= 0.6 is 0 Å². The van der Waals surface area contributed by atoms with Gasteiger partial charge in [0.15, 0.2) is 0 Å². The predicted octanol–water partition coefficient (Wildman–Crippen LogP) is 4.98. The van der Waals surface area contributed by atoms with Crippen molar-refractivity contribution in [2.45, 2.75) is 78.0 Å². The van der Waals surface area contributed by atoms with E-state index in [4.69, 9.17) is 4.84 Å². The summed E-state index contributed by atoms with van der Waals surface area (Å²) in [5.41, 5.74) is 2.44. The molecule has 0 amide bonds. The zero-order valence-corrected chi connectivity index (χ0v) is 14.1. The van der Waals surface area contributed by atoms with Crippen LogP contribution in [0, 0.1) is 0 Å². The van der Waals surface area contributed by atoms with Crippen LogP contribution in [0.4, 0.5) is 0 Å². The van der Waals surface area contributed by atoms with E-state index in [0.29, 0.717) is 0 Å². The minimum atomic E-state index is -0.105. The third-order valence-corrected chi connectivity index (χ3v) is 5.07. The van der Waals surface area contributed by atoms with Gasteiger partial charge in [-0.1, -0.05) is 38.1 Å². The summed E-state index contributed by atoms with van der Waals surface area (Å²) < 4.78 is 0. The molecule has 2 rings (SSSR count). The Kier molecular flexibility index (Phi) is 3.77. The van der Waals surface area contributed by atoms with Gasteiger partial charge in [0.2, 0.25) is 0 Å². The second-order valence-electron chi connectivity index (χ2n) is 7.21. The van der Waals surface area contributed by atoms with E-state index in [0.717, 1.165) is 12.8 Å². The summed E-state index contributed by atoms with van der Waals surface area (Å²) in [4.78, 5) is 6.54. The average Bonchev–Trinajstić information content (AvgIpc) is 2.57. The normalized spacial score (nSPS) is 20.9. The second-order valence-corrected chi connectivity index (χ2v) is 7.21. The summed E-state index contributed by atoms with van der Waals surface area (Å²) in [6.07, 6.45) is 2.03. The van der Waals surface area contributed by atoms with Crippen molar-refractivity contribution < 1.29 is 4.84 Å². The first-order valence-corrected chi connectivity index (χ1v) is 7.78. The number of nitrogens with zero attached hydrogens (tertiary/aromatic N) is 1. The Labute approximate surface area is 124 Å². The summed E-state index contributed by atoms with van der Waals surface area (Å²) in [6, 6.07) is 8.71. The van der Waals surface area contributed by atoms with Crippen molar-refractivity contribution in [3.63, 3.8) is 0 Å². The van der Waals surface area contributed by atoms with Crippen molar-refractivity contribution in [1.82, 2.24) is 5.06 Å². The van der Waals surface area contributed by atoms with Gasteiger partial charge < -0.3 is 0 Å². The Morgan fingerprint density at radius 1 is 0.950 bits per heavy atom. The van der Waals surface area contributed by atoms with Crippen LogP contribution in [0.25, 0.3) is 0 Å². The van der Waals surface area contributed by atoms with E-state index in [-0.39, 0.29) is 16.7 Å². The zero-order chi connectivity index (χ0) is 15.2. The molecule has 0 fully saturated rings. The van der Waals surface area contributed by atoms with Gasteiger partial charge in [-0.2, -0.15) is 5.06 Å². The minimum Gasteiger partial charge on any atom is -0.291 e. The molecule has 20 heavy (non-hydrogen) atoms. The van der Waals surface area contributed by atoms with Gasteiger partial charge in [-0.25, -0.2) is 0 Å². The van der Waals surface area contributed by atoms with Gasteiger partial charge in [0.1, 0.15) is 0 Å². The molecule has 0 unspecified atom stereocenters. The van der Waals surface area contributed by atoms with Gasteiger partial charge in [0.25, 0.3) is 0 Å². The maximum atomic E-state index is 6.54. The molecule has 0 atom stereocenters. The second kappa shape index (κ2) is 4.85. The Morgan fingerprint density at radius 2 is 1.35 bits per heavy atom. The summed E-state index contributed by atoms with van der Waals surface area (Å²) in [6.45, 7) is 15.6. The lowest BCUT2D eigenvalue weighted by molar-refractivity contribution is -0.320. The Hall–Kier alpha value is -0.860. The van der Waals surface area contributed by atoms with Gasteiger partial charge in [0, 0.05) is 0 Å². The molecule has 1 aliphatic rings. The summed E-state index contributed by atoms with van der Waals surface area (Å²) >= 11 is 0. The molecule has 1 aliphatic heterocycles. The van der Waals surface area contributed by atoms with Crippen LogP contribution in [0.1, 0.15) is 72.4 Å². The van der Waals surface area contributed by atoms with Crippen molar-refractivity contribution in [1.29, 1.82) is 0 Å². The zero-order valence-electron chi connectivity index (χ0n) is 14.1. The third kappa shape index (κ3) is 2.19. The highest BCUT2D eigenvalue weighted by atomic mass is 16.7. The first-order valence-electron chi connectivity index (χ1n) is 7.78. The van der Waals surface area contributed by atoms with Crippen molar-refractivity contribution >= 4 is 0 Å². The van der Waals surface area contributed by atoms with Gasteiger partial charge in [-0.3, -0.25) is 4.84 Å². The van der Waals surface area contributed by atoms with Crippen molar-refractivity contribution in [2.75, 3.05) is 0 Å². The molecule has 0 bridgehead atoms. The Balaban J connectivity index is 2.46. The summed E-state index contributed by atoms with van der Waals surface area (Å²) in [5, 5.41) is 2.22. The molecule has 112 valence electrons. The first kappa shape index (κ1) is 15.5. The Morgan fingerprint density at radius 3 is 1.70 bits per heavy atom. The minimum absolute atomic E-state index is 0.101. The van der Waals surface area contributed by atoms with Crippen LogP contribution in [0.5, 0.6) is 0 Å². The fraction of sp³-hybridized carbons (Fsp3) is 0.667. The van der Waals surface area contributed by atoms with E-state index < -0.39 is 0 Å².